The van der Waals surface area contributed by atoms with E-state index in [1.165, 1.54) is 0 Å². The summed E-state index contributed by atoms with van der Waals surface area (Å²) in [5.74, 6) is 0.626. The van der Waals surface area contributed by atoms with Gasteiger partial charge in [-0.1, -0.05) is 18.2 Å². The van der Waals surface area contributed by atoms with Crippen LogP contribution in [0.2, 0.25) is 0 Å². The third kappa shape index (κ3) is 4.97. The highest BCUT2D eigenvalue weighted by molar-refractivity contribution is 7.99. The minimum absolute atomic E-state index is 0.418. The predicted molar refractivity (Wildman–Crippen MR) is 84.5 cm³/mol. The molecule has 0 saturated carbocycles. The topological polar surface area (TPSA) is 52.6 Å². The largest absolute Gasteiger partial charge is 0.448 e. The molecule has 1 aromatic carbocycles. The Labute approximate surface area is 133 Å². The predicted octanol–water partition coefficient (Wildman–Crippen LogP) is 2.76. The van der Waals surface area contributed by atoms with Gasteiger partial charge in [0.15, 0.2) is 12.2 Å². The molecule has 1 aliphatic heterocycles. The van der Waals surface area contributed by atoms with Crippen molar-refractivity contribution in [2.75, 3.05) is 17.8 Å². The molecule has 21 heavy (non-hydrogen) atoms. The molecule has 6 heteroatoms. The monoisotopic (exact) mass is 326 g/mol. The lowest BCUT2D eigenvalue weighted by Gasteiger charge is -2.27. The highest BCUT2D eigenvalue weighted by atomic mass is 32.2. The number of esters is 2. The smallest absolute Gasteiger partial charge is 0.348 e. The number of carbonyl (C=O) groups is 2. The Morgan fingerprint density at radius 2 is 1.52 bits per heavy atom. The summed E-state index contributed by atoms with van der Waals surface area (Å²) in [5.41, 5.74) is 0. The summed E-state index contributed by atoms with van der Waals surface area (Å²) in [6, 6.07) is 9.91. The third-order valence-corrected chi connectivity index (χ3v) is 4.71. The molecule has 0 aliphatic carbocycles. The molecule has 2 rings (SSSR count). The first-order valence-electron chi connectivity index (χ1n) is 6.78. The molecular weight excluding hydrogens is 308 g/mol. The van der Waals surface area contributed by atoms with E-state index in [-0.39, 0.29) is 0 Å². The van der Waals surface area contributed by atoms with E-state index in [0.29, 0.717) is 18.6 Å². The summed E-state index contributed by atoms with van der Waals surface area (Å²) < 4.78 is 10.4. The van der Waals surface area contributed by atoms with Crippen molar-refractivity contribution in [2.24, 2.45) is 0 Å². The van der Waals surface area contributed by atoms with Gasteiger partial charge >= 0.3 is 11.9 Å². The standard InChI is InChI=1S/C15H18O4S2/c1-20-9-7-12-14(16)19-13(15(17)18-12)8-10-21-11-5-3-2-4-6-11/h2-6,12-13H,7-10H2,1H3. The Morgan fingerprint density at radius 1 is 0.952 bits per heavy atom. The highest BCUT2D eigenvalue weighted by Gasteiger charge is 2.37. The third-order valence-electron chi connectivity index (χ3n) is 3.02. The summed E-state index contributed by atoms with van der Waals surface area (Å²) in [4.78, 5) is 24.7. The van der Waals surface area contributed by atoms with Gasteiger partial charge in [-0.2, -0.15) is 11.8 Å². The van der Waals surface area contributed by atoms with Crippen LogP contribution in [-0.4, -0.2) is 41.9 Å². The van der Waals surface area contributed by atoms with Gasteiger partial charge in [0.1, 0.15) is 0 Å². The number of hydrogen-bond acceptors (Lipinski definition) is 6. The number of cyclic esters (lactones) is 2. The minimum atomic E-state index is -0.765. The lowest BCUT2D eigenvalue weighted by atomic mass is 10.2. The Kier molecular flexibility index (Phi) is 6.45. The second-order valence-corrected chi connectivity index (χ2v) is 6.74. The fraction of sp³-hybridized carbons (Fsp3) is 0.467. The van der Waals surface area contributed by atoms with Crippen molar-refractivity contribution < 1.29 is 19.1 Å². The molecule has 2 unspecified atom stereocenters. The molecule has 0 radical (unpaired) electrons. The van der Waals surface area contributed by atoms with Gasteiger partial charge in [0.2, 0.25) is 0 Å². The highest BCUT2D eigenvalue weighted by Crippen LogP contribution is 2.22. The molecule has 1 heterocycles. The first-order valence-corrected chi connectivity index (χ1v) is 9.16. The normalized spacial score (nSPS) is 21.8. The van der Waals surface area contributed by atoms with Crippen LogP contribution in [0.1, 0.15) is 12.8 Å². The van der Waals surface area contributed by atoms with Gasteiger partial charge in [0.05, 0.1) is 0 Å². The van der Waals surface area contributed by atoms with Gasteiger partial charge < -0.3 is 9.47 Å². The zero-order valence-corrected chi connectivity index (χ0v) is 13.5. The molecule has 0 aromatic heterocycles. The summed E-state index contributed by atoms with van der Waals surface area (Å²) >= 11 is 3.24. The molecule has 0 N–H and O–H groups in total. The molecular formula is C15H18O4S2. The molecule has 0 amide bonds. The molecule has 1 aromatic rings. The van der Waals surface area contributed by atoms with Gasteiger partial charge in [-0.3, -0.25) is 0 Å². The maximum atomic E-state index is 11.8. The fourth-order valence-electron chi connectivity index (χ4n) is 1.91. The van der Waals surface area contributed by atoms with E-state index in [0.717, 1.165) is 10.6 Å². The van der Waals surface area contributed by atoms with Gasteiger partial charge in [0.25, 0.3) is 0 Å². The van der Waals surface area contributed by atoms with E-state index in [9.17, 15) is 9.59 Å². The summed E-state index contributed by atoms with van der Waals surface area (Å²) in [6.07, 6.45) is 1.43. The van der Waals surface area contributed by atoms with Crippen LogP contribution in [0, 0.1) is 0 Å². The van der Waals surface area contributed by atoms with Crippen molar-refractivity contribution >= 4 is 35.5 Å². The quantitative estimate of drug-likeness (QED) is 0.567. The number of hydrogen-bond donors (Lipinski definition) is 0. The zero-order chi connectivity index (χ0) is 15.1. The Hall–Kier alpha value is -1.14. The SMILES string of the molecule is CSCCC1OC(=O)C(CCSc2ccccc2)OC1=O. The number of benzene rings is 1. The lowest BCUT2D eigenvalue weighted by molar-refractivity contribution is -0.195. The van der Waals surface area contributed by atoms with E-state index < -0.39 is 24.1 Å². The second-order valence-electron chi connectivity index (χ2n) is 4.58. The first-order chi connectivity index (χ1) is 10.2. The molecule has 114 valence electrons. The lowest BCUT2D eigenvalue weighted by Crippen LogP contribution is -2.44. The molecule has 0 spiro atoms. The second kappa shape index (κ2) is 8.34. The van der Waals surface area contributed by atoms with Crippen LogP contribution in [0.25, 0.3) is 0 Å². The van der Waals surface area contributed by atoms with Crippen LogP contribution in [0.5, 0.6) is 0 Å². The molecule has 2 atom stereocenters. The number of thioether (sulfide) groups is 2. The van der Waals surface area contributed by atoms with E-state index in [2.05, 4.69) is 0 Å². The maximum Gasteiger partial charge on any atom is 0.348 e. The van der Waals surface area contributed by atoms with Crippen LogP contribution < -0.4 is 0 Å². The van der Waals surface area contributed by atoms with Gasteiger partial charge in [0, 0.05) is 23.5 Å². The number of rotatable bonds is 7. The van der Waals surface area contributed by atoms with Crippen molar-refractivity contribution in [3.05, 3.63) is 30.3 Å². The average molecular weight is 326 g/mol. The van der Waals surface area contributed by atoms with Crippen LogP contribution in [0.15, 0.2) is 35.2 Å². The van der Waals surface area contributed by atoms with Crippen LogP contribution in [0.3, 0.4) is 0 Å². The Balaban J connectivity index is 1.77. The zero-order valence-electron chi connectivity index (χ0n) is 11.8. The van der Waals surface area contributed by atoms with Crippen molar-refractivity contribution in [2.45, 2.75) is 29.9 Å². The van der Waals surface area contributed by atoms with Gasteiger partial charge in [-0.05, 0) is 24.1 Å². The van der Waals surface area contributed by atoms with E-state index in [1.807, 2.05) is 36.6 Å². The average Bonchev–Trinajstić information content (AvgIpc) is 2.50. The summed E-state index contributed by atoms with van der Waals surface area (Å²) in [7, 11) is 0. The Bertz CT molecular complexity index is 478. The minimum Gasteiger partial charge on any atom is -0.448 e. The summed E-state index contributed by atoms with van der Waals surface area (Å²) in [6.45, 7) is 0. The summed E-state index contributed by atoms with van der Waals surface area (Å²) in [5, 5.41) is 0. The maximum absolute atomic E-state index is 11.8. The fourth-order valence-corrected chi connectivity index (χ4v) is 3.27. The van der Waals surface area contributed by atoms with Crippen molar-refractivity contribution in [3.63, 3.8) is 0 Å². The first kappa shape index (κ1) is 16.2. The molecule has 1 saturated heterocycles. The van der Waals surface area contributed by atoms with Crippen molar-refractivity contribution in [1.29, 1.82) is 0 Å². The van der Waals surface area contributed by atoms with Crippen LogP contribution >= 0.6 is 23.5 Å². The van der Waals surface area contributed by atoms with Crippen molar-refractivity contribution in [1.82, 2.24) is 0 Å². The van der Waals surface area contributed by atoms with E-state index in [4.69, 9.17) is 9.47 Å². The Morgan fingerprint density at radius 3 is 2.10 bits per heavy atom. The van der Waals surface area contributed by atoms with Gasteiger partial charge in [-0.25, -0.2) is 9.59 Å². The van der Waals surface area contributed by atoms with Crippen LogP contribution in [-0.2, 0) is 19.1 Å². The molecule has 1 fully saturated rings. The van der Waals surface area contributed by atoms with Gasteiger partial charge in [-0.15, -0.1) is 11.8 Å². The molecule has 1 aliphatic rings. The van der Waals surface area contributed by atoms with E-state index >= 15 is 0 Å². The van der Waals surface area contributed by atoms with Crippen molar-refractivity contribution in [3.8, 4) is 0 Å². The van der Waals surface area contributed by atoms with E-state index in [1.54, 1.807) is 23.5 Å². The molecule has 0 bridgehead atoms. The molecule has 4 nitrogen and oxygen atoms in total. The van der Waals surface area contributed by atoms with Crippen LogP contribution in [0.4, 0.5) is 0 Å². The number of carbonyl (C=O) groups excluding carboxylic acids is 2. The number of ether oxygens (including phenoxy) is 2.